The van der Waals surface area contributed by atoms with Crippen LogP contribution in [-0.4, -0.2) is 75.4 Å². The van der Waals surface area contributed by atoms with Crippen molar-refractivity contribution < 1.29 is 28.5 Å². The maximum absolute atomic E-state index is 13.7. The van der Waals surface area contributed by atoms with Gasteiger partial charge in [-0.25, -0.2) is 9.79 Å². The van der Waals surface area contributed by atoms with E-state index in [9.17, 15) is 9.59 Å². The highest BCUT2D eigenvalue weighted by Crippen LogP contribution is 2.41. The molecule has 9 nitrogen and oxygen atoms in total. The predicted octanol–water partition coefficient (Wildman–Crippen LogP) is 2.24. The third kappa shape index (κ3) is 4.87. The van der Waals surface area contributed by atoms with Gasteiger partial charge in [-0.05, 0) is 67.6 Å². The van der Waals surface area contributed by atoms with Crippen molar-refractivity contribution in [2.45, 2.75) is 32.2 Å². The number of benzene rings is 2. The van der Waals surface area contributed by atoms with E-state index in [2.05, 4.69) is 4.99 Å². The van der Waals surface area contributed by atoms with E-state index in [0.29, 0.717) is 80.5 Å². The van der Waals surface area contributed by atoms with E-state index >= 15 is 0 Å². The van der Waals surface area contributed by atoms with Gasteiger partial charge in [0.1, 0.15) is 5.75 Å². The molecule has 0 saturated carbocycles. The number of fused-ring (bicyclic) bond motifs is 2. The van der Waals surface area contributed by atoms with Crippen molar-refractivity contribution in [3.05, 3.63) is 52.0 Å². The van der Waals surface area contributed by atoms with Gasteiger partial charge in [0.2, 0.25) is 0 Å². The van der Waals surface area contributed by atoms with Crippen LogP contribution in [0.4, 0.5) is 4.79 Å². The largest absolute Gasteiger partial charge is 0.497 e. The first-order chi connectivity index (χ1) is 18.0. The Morgan fingerprint density at radius 3 is 2.62 bits per heavy atom. The minimum Gasteiger partial charge on any atom is -0.497 e. The lowest BCUT2D eigenvalue weighted by atomic mass is 9.88. The number of hydrogen-bond donors (Lipinski definition) is 0. The third-order valence-corrected chi connectivity index (χ3v) is 7.29. The Morgan fingerprint density at radius 2 is 1.89 bits per heavy atom. The molecule has 3 heterocycles. The molecule has 196 valence electrons. The third-order valence-electron chi connectivity index (χ3n) is 7.29. The molecule has 0 aromatic heterocycles. The van der Waals surface area contributed by atoms with Crippen LogP contribution in [0.2, 0.25) is 0 Å². The molecule has 9 heteroatoms. The van der Waals surface area contributed by atoms with Gasteiger partial charge in [-0.1, -0.05) is 0 Å². The van der Waals surface area contributed by atoms with Crippen molar-refractivity contribution in [1.29, 1.82) is 0 Å². The van der Waals surface area contributed by atoms with E-state index in [1.165, 1.54) is 0 Å². The molecule has 1 saturated heterocycles. The van der Waals surface area contributed by atoms with E-state index in [1.807, 2.05) is 41.0 Å². The molecule has 5 rings (SSSR count). The molecular weight excluding hydrogens is 474 g/mol. The zero-order chi connectivity index (χ0) is 25.9. The molecule has 0 aliphatic carbocycles. The highest BCUT2D eigenvalue weighted by atomic mass is 16.5. The van der Waals surface area contributed by atoms with E-state index in [1.54, 1.807) is 20.3 Å². The Labute approximate surface area is 216 Å². The molecule has 0 radical (unpaired) electrons. The molecule has 3 aliphatic rings. The zero-order valence-corrected chi connectivity index (χ0v) is 21.6. The summed E-state index contributed by atoms with van der Waals surface area (Å²) in [5, 5.41) is 1.46. The van der Waals surface area contributed by atoms with Crippen LogP contribution in [0.5, 0.6) is 17.2 Å². The van der Waals surface area contributed by atoms with E-state index in [-0.39, 0.29) is 18.0 Å². The van der Waals surface area contributed by atoms with Crippen LogP contribution in [0.3, 0.4) is 0 Å². The predicted molar refractivity (Wildman–Crippen MR) is 137 cm³/mol. The van der Waals surface area contributed by atoms with Crippen LogP contribution in [-0.2, 0) is 16.0 Å². The molecule has 3 aliphatic heterocycles. The number of urea groups is 1. The Hall–Kier alpha value is -3.59. The number of amides is 3. The molecule has 0 spiro atoms. The van der Waals surface area contributed by atoms with Gasteiger partial charge in [-0.15, -0.1) is 0 Å². The molecular formula is C28H33N3O6. The lowest BCUT2D eigenvalue weighted by Crippen LogP contribution is -2.51. The summed E-state index contributed by atoms with van der Waals surface area (Å²) >= 11 is 0. The second-order valence-corrected chi connectivity index (χ2v) is 9.29. The number of nitrogens with zero attached hydrogens (tertiary/aromatic N) is 3. The lowest BCUT2D eigenvalue weighted by molar-refractivity contribution is -0.112. The fraction of sp³-hybridized carbons (Fsp3) is 0.464. The van der Waals surface area contributed by atoms with E-state index in [4.69, 9.17) is 18.9 Å². The van der Waals surface area contributed by atoms with E-state index < -0.39 is 0 Å². The van der Waals surface area contributed by atoms with E-state index in [0.717, 1.165) is 22.8 Å². The van der Waals surface area contributed by atoms with Crippen LogP contribution in [0.25, 0.3) is 5.57 Å². The Balaban J connectivity index is 1.52. The number of rotatable bonds is 7. The maximum atomic E-state index is 13.7. The van der Waals surface area contributed by atoms with Gasteiger partial charge in [-0.2, -0.15) is 0 Å². The Kier molecular flexibility index (Phi) is 7.32. The van der Waals surface area contributed by atoms with Crippen molar-refractivity contribution in [1.82, 2.24) is 9.80 Å². The summed E-state index contributed by atoms with van der Waals surface area (Å²) in [4.78, 5) is 34.6. The first-order valence-corrected chi connectivity index (χ1v) is 12.8. The van der Waals surface area contributed by atoms with Gasteiger partial charge in [0, 0.05) is 30.4 Å². The van der Waals surface area contributed by atoms with Gasteiger partial charge in [0.15, 0.2) is 11.5 Å². The maximum Gasteiger partial charge on any atom is 0.320 e. The smallest absolute Gasteiger partial charge is 0.320 e. The Bertz CT molecular complexity index is 1320. The lowest BCUT2D eigenvalue weighted by Gasteiger charge is -2.41. The second-order valence-electron chi connectivity index (χ2n) is 9.29. The van der Waals surface area contributed by atoms with Crippen LogP contribution in [0.15, 0.2) is 35.3 Å². The first-order valence-electron chi connectivity index (χ1n) is 12.8. The Morgan fingerprint density at radius 1 is 1.08 bits per heavy atom. The van der Waals surface area contributed by atoms with Gasteiger partial charge < -0.3 is 28.7 Å². The number of ether oxygens (including phenoxy) is 4. The van der Waals surface area contributed by atoms with Gasteiger partial charge >= 0.3 is 6.03 Å². The summed E-state index contributed by atoms with van der Waals surface area (Å²) in [6.45, 7) is 5.25. The van der Waals surface area contributed by atoms with Gasteiger partial charge in [-0.3, -0.25) is 4.79 Å². The molecule has 1 unspecified atom stereocenters. The number of methoxy groups -OCH3 is 2. The monoisotopic (exact) mass is 507 g/mol. The molecule has 0 N–H and O–H groups in total. The highest BCUT2D eigenvalue weighted by molar-refractivity contribution is 6.15. The molecule has 1 atom stereocenters. The number of hydrogen-bond acceptors (Lipinski definition) is 6. The van der Waals surface area contributed by atoms with Crippen LogP contribution >= 0.6 is 0 Å². The van der Waals surface area contributed by atoms with Crippen molar-refractivity contribution >= 4 is 17.5 Å². The van der Waals surface area contributed by atoms with Crippen molar-refractivity contribution in [2.75, 3.05) is 53.7 Å². The highest BCUT2D eigenvalue weighted by Gasteiger charge is 2.35. The summed E-state index contributed by atoms with van der Waals surface area (Å²) in [5.74, 6) is 1.80. The number of carbonyl (C=O) groups is 2. The van der Waals surface area contributed by atoms with Crippen molar-refractivity contribution in [3.8, 4) is 17.2 Å². The molecule has 37 heavy (non-hydrogen) atoms. The zero-order valence-electron chi connectivity index (χ0n) is 21.6. The topological polar surface area (TPSA) is 89.9 Å². The summed E-state index contributed by atoms with van der Waals surface area (Å²) in [5.41, 5.74) is 2.81. The summed E-state index contributed by atoms with van der Waals surface area (Å²) in [7, 11) is 3.24. The second kappa shape index (κ2) is 10.8. The minimum absolute atomic E-state index is 0.00207. The first kappa shape index (κ1) is 25.1. The molecule has 2 aromatic carbocycles. The summed E-state index contributed by atoms with van der Waals surface area (Å²) < 4.78 is 22.3. The number of carbonyl (C=O) groups excluding carboxylic acids is 2. The quantitative estimate of drug-likeness (QED) is 0.571. The molecule has 0 bridgehead atoms. The van der Waals surface area contributed by atoms with Crippen LogP contribution in [0, 0.1) is 0 Å². The summed E-state index contributed by atoms with van der Waals surface area (Å²) in [6, 6.07) is 9.28. The summed E-state index contributed by atoms with van der Waals surface area (Å²) in [6.07, 6.45) is 1.78. The van der Waals surface area contributed by atoms with Crippen LogP contribution in [0.1, 0.15) is 36.9 Å². The van der Waals surface area contributed by atoms with Crippen LogP contribution < -0.4 is 24.8 Å². The average Bonchev–Trinajstić information content (AvgIpc) is 3.25. The average molecular weight is 508 g/mol. The standard InChI is InChI=1S/C28H33N3O6/c1-4-37-26-17-21-18(15-25(26)35-3)9-10-31(28(33)30-11-13-36-14-12-30)24(21)8-6-20-22-16-19(34-2)5-7-23(22)29-27(20)32/h5,7,15-17,24H,4,6,8-14H2,1-3H3. The molecule has 3 amide bonds. The van der Waals surface area contributed by atoms with Crippen molar-refractivity contribution in [2.24, 2.45) is 4.99 Å². The molecule has 1 fully saturated rings. The van der Waals surface area contributed by atoms with Gasteiger partial charge in [0.25, 0.3) is 5.91 Å². The fourth-order valence-electron chi connectivity index (χ4n) is 5.41. The number of morpholine rings is 1. The van der Waals surface area contributed by atoms with Gasteiger partial charge in [0.05, 0.1) is 45.4 Å². The molecule has 2 aromatic rings. The fourth-order valence-corrected chi connectivity index (χ4v) is 5.41. The SMILES string of the molecule is CCOc1cc2c(cc1OC)CCN(C(=O)N1CCOCC1)C2CCC1=c2cc(OC)ccc2=NC1=O. The normalized spacial score (nSPS) is 18.7. The minimum atomic E-state index is -0.227. The van der Waals surface area contributed by atoms with Crippen molar-refractivity contribution in [3.63, 3.8) is 0 Å².